The van der Waals surface area contributed by atoms with Crippen molar-refractivity contribution in [3.8, 4) is 0 Å². The highest BCUT2D eigenvalue weighted by molar-refractivity contribution is 7.80. The summed E-state index contributed by atoms with van der Waals surface area (Å²) < 4.78 is 4.94. The van der Waals surface area contributed by atoms with Crippen LogP contribution in [0.3, 0.4) is 0 Å². The Kier molecular flexibility index (Phi) is 5.44. The van der Waals surface area contributed by atoms with E-state index in [1.165, 1.54) is 0 Å². The molecule has 0 aliphatic carbocycles. The van der Waals surface area contributed by atoms with Crippen LogP contribution in [0.4, 0.5) is 0 Å². The summed E-state index contributed by atoms with van der Waals surface area (Å²) in [7, 11) is 0. The van der Waals surface area contributed by atoms with Crippen LogP contribution >= 0.6 is 23.8 Å². The second kappa shape index (κ2) is 5.32. The molecule has 8 heavy (non-hydrogen) atoms. The molecule has 0 radical (unpaired) electrons. The number of alkyl halides is 1. The minimum atomic E-state index is 0.514. The van der Waals surface area contributed by atoms with Crippen LogP contribution in [0.25, 0.3) is 0 Å². The fraction of sp³-hybridized carbons (Fsp3) is 0.800. The number of ether oxygens (including phenoxy) is 1. The third kappa shape index (κ3) is 4.34. The van der Waals surface area contributed by atoms with Gasteiger partial charge in [-0.1, -0.05) is 6.92 Å². The van der Waals surface area contributed by atoms with E-state index in [9.17, 15) is 0 Å². The lowest BCUT2D eigenvalue weighted by Crippen LogP contribution is -2.01. The fourth-order valence-electron chi connectivity index (χ4n) is 0.254. The van der Waals surface area contributed by atoms with Crippen LogP contribution in [0.5, 0.6) is 0 Å². The highest BCUT2D eigenvalue weighted by atomic mass is 35.5. The van der Waals surface area contributed by atoms with Crippen molar-refractivity contribution < 1.29 is 4.74 Å². The smallest absolute Gasteiger partial charge is 0.159 e. The Morgan fingerprint density at radius 2 is 2.38 bits per heavy atom. The van der Waals surface area contributed by atoms with E-state index in [1.54, 1.807) is 0 Å². The second-order valence-electron chi connectivity index (χ2n) is 1.26. The molecule has 0 unspecified atom stereocenters. The van der Waals surface area contributed by atoms with Gasteiger partial charge in [0.1, 0.15) is 6.61 Å². The third-order valence-corrected chi connectivity index (χ3v) is 1.19. The molecule has 0 aromatic rings. The molecule has 0 atom stereocenters. The van der Waals surface area contributed by atoms with Gasteiger partial charge in [-0.3, -0.25) is 0 Å². The van der Waals surface area contributed by atoms with Crippen LogP contribution < -0.4 is 0 Å². The normalized spacial score (nSPS) is 8.75. The van der Waals surface area contributed by atoms with Crippen molar-refractivity contribution >= 4 is 28.9 Å². The number of rotatable bonds is 3. The zero-order valence-electron chi connectivity index (χ0n) is 4.82. The molecule has 0 saturated carbocycles. The molecular weight excluding hydrogens is 144 g/mol. The average molecular weight is 153 g/mol. The van der Waals surface area contributed by atoms with E-state index in [1.807, 2.05) is 6.92 Å². The van der Waals surface area contributed by atoms with E-state index < -0.39 is 0 Å². The lowest BCUT2D eigenvalue weighted by Gasteiger charge is -1.99. The second-order valence-corrected chi connectivity index (χ2v) is 2.10. The first-order valence-electron chi connectivity index (χ1n) is 2.52. The Morgan fingerprint density at radius 3 is 2.75 bits per heavy atom. The van der Waals surface area contributed by atoms with E-state index in [0.29, 0.717) is 17.5 Å². The summed E-state index contributed by atoms with van der Waals surface area (Å²) in [6.07, 6.45) is 0.798. The Hall–Kier alpha value is 0.180. The first-order valence-corrected chi connectivity index (χ1v) is 3.47. The van der Waals surface area contributed by atoms with Gasteiger partial charge in [-0.05, 0) is 12.2 Å². The first kappa shape index (κ1) is 8.18. The number of hydrogen-bond acceptors (Lipinski definition) is 2. The van der Waals surface area contributed by atoms with Gasteiger partial charge in [-0.2, -0.15) is 0 Å². The van der Waals surface area contributed by atoms with Crippen LogP contribution in [0.2, 0.25) is 0 Å². The van der Waals surface area contributed by atoms with Crippen molar-refractivity contribution in [3.05, 3.63) is 0 Å². The minimum Gasteiger partial charge on any atom is -0.486 e. The summed E-state index contributed by atoms with van der Waals surface area (Å²) >= 11 is 10.1. The highest BCUT2D eigenvalue weighted by Gasteiger charge is 1.88. The average Bonchev–Trinajstić information content (AvgIpc) is 1.83. The maximum absolute atomic E-state index is 5.32. The highest BCUT2D eigenvalue weighted by Crippen LogP contribution is 1.88. The van der Waals surface area contributed by atoms with Crippen LogP contribution in [-0.2, 0) is 4.74 Å². The van der Waals surface area contributed by atoms with Crippen molar-refractivity contribution in [2.24, 2.45) is 0 Å². The van der Waals surface area contributed by atoms with Crippen molar-refractivity contribution in [2.75, 3.05) is 12.5 Å². The summed E-state index contributed by atoms with van der Waals surface area (Å²) in [5.41, 5.74) is 0. The predicted octanol–water partition coefficient (Wildman–Crippen LogP) is 1.98. The first-order chi connectivity index (χ1) is 3.81. The van der Waals surface area contributed by atoms with Gasteiger partial charge in [0.25, 0.3) is 0 Å². The topological polar surface area (TPSA) is 9.23 Å². The monoisotopic (exact) mass is 152 g/mol. The van der Waals surface area contributed by atoms with Gasteiger partial charge in [-0.15, -0.1) is 11.6 Å². The van der Waals surface area contributed by atoms with Gasteiger partial charge in [0.15, 0.2) is 5.05 Å². The number of hydrogen-bond donors (Lipinski definition) is 0. The Balaban J connectivity index is 2.99. The lowest BCUT2D eigenvalue weighted by molar-refractivity contribution is 0.331. The fourth-order valence-corrected chi connectivity index (χ4v) is 0.415. The summed E-state index contributed by atoms with van der Waals surface area (Å²) in [4.78, 5) is 0. The molecule has 0 amide bonds. The zero-order chi connectivity index (χ0) is 6.41. The molecule has 0 rings (SSSR count). The molecule has 1 nitrogen and oxygen atoms in total. The van der Waals surface area contributed by atoms with E-state index in [4.69, 9.17) is 28.6 Å². The van der Waals surface area contributed by atoms with Gasteiger partial charge in [-0.25, -0.2) is 0 Å². The third-order valence-electron chi connectivity index (χ3n) is 0.629. The van der Waals surface area contributed by atoms with Crippen molar-refractivity contribution in [1.82, 2.24) is 0 Å². The number of thiocarbonyl (C=S) groups is 1. The van der Waals surface area contributed by atoms with E-state index in [-0.39, 0.29) is 0 Å². The van der Waals surface area contributed by atoms with Crippen molar-refractivity contribution in [2.45, 2.75) is 13.3 Å². The molecule has 0 fully saturated rings. The molecule has 0 aliphatic heterocycles. The molecule has 0 heterocycles. The van der Waals surface area contributed by atoms with Gasteiger partial charge in [0, 0.05) is 6.42 Å². The quantitative estimate of drug-likeness (QED) is 0.452. The molecule has 0 saturated heterocycles. The van der Waals surface area contributed by atoms with Crippen molar-refractivity contribution in [3.63, 3.8) is 0 Å². The van der Waals surface area contributed by atoms with Crippen LogP contribution in [0.15, 0.2) is 0 Å². The molecule has 0 aliphatic rings. The SMILES string of the molecule is CCC(=S)OCCCl. The maximum Gasteiger partial charge on any atom is 0.159 e. The Labute approximate surface area is 60.0 Å². The molecule has 0 aromatic heterocycles. The van der Waals surface area contributed by atoms with E-state index in [0.717, 1.165) is 6.42 Å². The molecule has 0 spiro atoms. The minimum absolute atomic E-state index is 0.514. The molecule has 0 aromatic carbocycles. The lowest BCUT2D eigenvalue weighted by atomic mass is 10.5. The molecule has 3 heteroatoms. The van der Waals surface area contributed by atoms with E-state index in [2.05, 4.69) is 0 Å². The van der Waals surface area contributed by atoms with Crippen LogP contribution in [-0.4, -0.2) is 17.5 Å². The molecule has 0 bridgehead atoms. The van der Waals surface area contributed by atoms with Gasteiger partial charge in [0.05, 0.1) is 5.88 Å². The maximum atomic E-state index is 5.32. The largest absolute Gasteiger partial charge is 0.486 e. The summed E-state index contributed by atoms with van der Waals surface area (Å²) in [5.74, 6) is 0.514. The van der Waals surface area contributed by atoms with Crippen LogP contribution in [0.1, 0.15) is 13.3 Å². The standard InChI is InChI=1S/C5H9ClOS/c1-2-5(8)7-4-3-6/h2-4H2,1H3. The Morgan fingerprint density at radius 1 is 1.75 bits per heavy atom. The van der Waals surface area contributed by atoms with E-state index >= 15 is 0 Å². The van der Waals surface area contributed by atoms with Gasteiger partial charge >= 0.3 is 0 Å². The molecular formula is C5H9ClOS. The summed E-state index contributed by atoms with van der Waals surface area (Å²) in [6, 6.07) is 0. The summed E-state index contributed by atoms with van der Waals surface area (Å²) in [6.45, 7) is 2.49. The van der Waals surface area contributed by atoms with Crippen molar-refractivity contribution in [1.29, 1.82) is 0 Å². The zero-order valence-corrected chi connectivity index (χ0v) is 6.39. The van der Waals surface area contributed by atoms with Gasteiger partial charge < -0.3 is 4.74 Å². The predicted molar refractivity (Wildman–Crippen MR) is 39.6 cm³/mol. The molecule has 48 valence electrons. The van der Waals surface area contributed by atoms with Gasteiger partial charge in [0.2, 0.25) is 0 Å². The molecule has 0 N–H and O–H groups in total. The number of halogens is 1. The summed E-state index contributed by atoms with van der Waals surface area (Å²) in [5, 5.41) is 0.644. The van der Waals surface area contributed by atoms with Crippen LogP contribution in [0, 0.1) is 0 Å². The Bertz CT molecular complexity index is 74.8.